The molecule has 0 saturated carbocycles. The first-order valence-corrected chi connectivity index (χ1v) is 5.77. The van der Waals surface area contributed by atoms with Gasteiger partial charge in [0.15, 0.2) is 0 Å². The largest absolute Gasteiger partial charge is 0.0928 e. The van der Waals surface area contributed by atoms with E-state index in [1.165, 1.54) is 16.3 Å². The van der Waals surface area contributed by atoms with E-state index in [-0.39, 0.29) is 0 Å². The predicted octanol–water partition coefficient (Wildman–Crippen LogP) is 4.33. The lowest BCUT2D eigenvalue weighted by molar-refractivity contribution is 0.874. The molecule has 1 atom stereocenters. The fourth-order valence-electron chi connectivity index (χ4n) is 1.96. The first-order valence-electron chi connectivity index (χ1n) is 5.29. The number of rotatable bonds is 3. The summed E-state index contributed by atoms with van der Waals surface area (Å²) in [6.45, 7) is 2.18. The van der Waals surface area contributed by atoms with Gasteiger partial charge in [-0.05, 0) is 28.1 Å². The Kier molecular flexibility index (Phi) is 3.12. The van der Waals surface area contributed by atoms with E-state index in [4.69, 9.17) is 12.2 Å². The molecule has 15 heavy (non-hydrogen) atoms. The van der Waals surface area contributed by atoms with Crippen LogP contribution in [0.2, 0.25) is 0 Å². The van der Waals surface area contributed by atoms with E-state index in [0.29, 0.717) is 5.92 Å². The van der Waals surface area contributed by atoms with Crippen LogP contribution in [-0.2, 0) is 0 Å². The molecule has 2 aromatic carbocycles. The van der Waals surface area contributed by atoms with Crippen molar-refractivity contribution >= 4 is 28.4 Å². The zero-order valence-corrected chi connectivity index (χ0v) is 9.63. The molecule has 2 aromatic rings. The van der Waals surface area contributed by atoms with Gasteiger partial charge in [0.1, 0.15) is 0 Å². The lowest BCUT2D eigenvalue weighted by atomic mass is 9.93. The maximum absolute atomic E-state index is 5.09. The number of fused-ring (bicyclic) bond motifs is 1. The molecule has 1 unspecified atom stereocenters. The van der Waals surface area contributed by atoms with Crippen molar-refractivity contribution < 1.29 is 0 Å². The molecule has 0 radical (unpaired) electrons. The number of thiocarbonyl (C=S) groups is 1. The van der Waals surface area contributed by atoms with Crippen molar-refractivity contribution in [3.8, 4) is 0 Å². The second-order valence-electron chi connectivity index (χ2n) is 3.72. The van der Waals surface area contributed by atoms with E-state index in [1.54, 1.807) is 0 Å². The third kappa shape index (κ3) is 1.93. The summed E-state index contributed by atoms with van der Waals surface area (Å²) in [7, 11) is 0. The molecule has 0 bridgehead atoms. The van der Waals surface area contributed by atoms with Crippen molar-refractivity contribution in [2.24, 2.45) is 0 Å². The first-order chi connectivity index (χ1) is 7.36. The monoisotopic (exact) mass is 214 g/mol. The highest BCUT2D eigenvalue weighted by Crippen LogP contribution is 2.26. The minimum absolute atomic E-state index is 0.395. The van der Waals surface area contributed by atoms with Crippen molar-refractivity contribution in [3.05, 3.63) is 48.0 Å². The van der Waals surface area contributed by atoms with Crippen LogP contribution in [0.3, 0.4) is 0 Å². The molecule has 0 spiro atoms. The molecule has 0 aliphatic carbocycles. The highest BCUT2D eigenvalue weighted by molar-refractivity contribution is 7.79. The van der Waals surface area contributed by atoms with Crippen molar-refractivity contribution in [2.75, 3.05) is 0 Å². The van der Waals surface area contributed by atoms with Crippen LogP contribution in [0.1, 0.15) is 24.8 Å². The Bertz CT molecular complexity index is 468. The van der Waals surface area contributed by atoms with E-state index in [0.717, 1.165) is 6.42 Å². The van der Waals surface area contributed by atoms with Crippen LogP contribution in [-0.4, -0.2) is 5.37 Å². The average molecular weight is 214 g/mol. The van der Waals surface area contributed by atoms with Gasteiger partial charge in [0.05, 0.1) is 0 Å². The molecule has 0 heterocycles. The fourth-order valence-corrected chi connectivity index (χ4v) is 2.30. The second-order valence-corrected chi connectivity index (χ2v) is 3.99. The molecule has 2 rings (SSSR count). The Hall–Kier alpha value is -1.21. The zero-order valence-electron chi connectivity index (χ0n) is 8.81. The molecule has 1 heteroatoms. The van der Waals surface area contributed by atoms with Gasteiger partial charge in [-0.1, -0.05) is 61.6 Å². The quantitative estimate of drug-likeness (QED) is 0.685. The normalized spacial score (nSPS) is 12.6. The van der Waals surface area contributed by atoms with Gasteiger partial charge in [0.25, 0.3) is 0 Å². The topological polar surface area (TPSA) is 0 Å². The molecule has 0 fully saturated rings. The fraction of sp³-hybridized carbons (Fsp3) is 0.214. The Balaban J connectivity index is 2.64. The van der Waals surface area contributed by atoms with Gasteiger partial charge in [-0.2, -0.15) is 0 Å². The maximum Gasteiger partial charge on any atom is 0.0126 e. The van der Waals surface area contributed by atoms with Gasteiger partial charge >= 0.3 is 0 Å². The highest BCUT2D eigenvalue weighted by Gasteiger charge is 2.08. The molecule has 0 aliphatic rings. The zero-order chi connectivity index (χ0) is 10.7. The predicted molar refractivity (Wildman–Crippen MR) is 70.6 cm³/mol. The van der Waals surface area contributed by atoms with E-state index in [2.05, 4.69) is 49.4 Å². The Labute approximate surface area is 95.9 Å². The van der Waals surface area contributed by atoms with Gasteiger partial charge in [0.2, 0.25) is 0 Å². The van der Waals surface area contributed by atoms with Gasteiger partial charge < -0.3 is 0 Å². The number of hydrogen-bond acceptors (Lipinski definition) is 1. The molecule has 76 valence electrons. The Morgan fingerprint density at radius 1 is 1.13 bits per heavy atom. The van der Waals surface area contributed by atoms with Crippen molar-refractivity contribution in [1.82, 2.24) is 0 Å². The van der Waals surface area contributed by atoms with E-state index in [1.807, 2.05) is 5.37 Å². The number of benzene rings is 2. The molecule has 0 saturated heterocycles. The van der Waals surface area contributed by atoms with Crippen molar-refractivity contribution in [2.45, 2.75) is 19.3 Å². The molecule has 0 amide bonds. The minimum atomic E-state index is 0.395. The molecule has 0 N–H and O–H groups in total. The van der Waals surface area contributed by atoms with Crippen LogP contribution in [0, 0.1) is 0 Å². The van der Waals surface area contributed by atoms with Gasteiger partial charge in [-0.25, -0.2) is 0 Å². The second kappa shape index (κ2) is 4.54. The summed E-state index contributed by atoms with van der Waals surface area (Å²) in [6, 6.07) is 14.9. The molecule has 0 aliphatic heterocycles. The summed E-state index contributed by atoms with van der Waals surface area (Å²) >= 11 is 5.09. The van der Waals surface area contributed by atoms with Crippen LogP contribution in [0.4, 0.5) is 0 Å². The van der Waals surface area contributed by atoms with Crippen molar-refractivity contribution in [1.29, 1.82) is 0 Å². The van der Waals surface area contributed by atoms with Crippen LogP contribution in [0.15, 0.2) is 42.5 Å². The van der Waals surface area contributed by atoms with Gasteiger partial charge in [-0.15, -0.1) is 0 Å². The van der Waals surface area contributed by atoms with Crippen LogP contribution in [0.5, 0.6) is 0 Å². The van der Waals surface area contributed by atoms with E-state index in [9.17, 15) is 0 Å². The van der Waals surface area contributed by atoms with Crippen LogP contribution in [0.25, 0.3) is 10.8 Å². The SMILES string of the molecule is CCC(C=S)c1cccc2ccccc12. The molecular formula is C14H14S. The van der Waals surface area contributed by atoms with Gasteiger partial charge in [-0.3, -0.25) is 0 Å². The van der Waals surface area contributed by atoms with Crippen LogP contribution >= 0.6 is 12.2 Å². The maximum atomic E-state index is 5.09. The Morgan fingerprint density at radius 3 is 2.60 bits per heavy atom. The third-order valence-electron chi connectivity index (χ3n) is 2.83. The summed E-state index contributed by atoms with van der Waals surface area (Å²) < 4.78 is 0. The summed E-state index contributed by atoms with van der Waals surface area (Å²) in [4.78, 5) is 0. The van der Waals surface area contributed by atoms with Gasteiger partial charge in [0, 0.05) is 5.92 Å². The highest BCUT2D eigenvalue weighted by atomic mass is 32.1. The molecular weight excluding hydrogens is 200 g/mol. The van der Waals surface area contributed by atoms with Crippen molar-refractivity contribution in [3.63, 3.8) is 0 Å². The van der Waals surface area contributed by atoms with Crippen LogP contribution < -0.4 is 0 Å². The summed E-state index contributed by atoms with van der Waals surface area (Å²) in [5, 5.41) is 4.50. The summed E-state index contributed by atoms with van der Waals surface area (Å²) in [5.41, 5.74) is 1.35. The average Bonchev–Trinajstić information content (AvgIpc) is 2.31. The van der Waals surface area contributed by atoms with E-state index < -0.39 is 0 Å². The lowest BCUT2D eigenvalue weighted by Crippen LogP contribution is -1.97. The standard InChI is InChI=1S/C14H14S/c1-2-11(10-15)13-9-5-7-12-6-3-4-8-14(12)13/h3-11H,2H2,1H3. The summed E-state index contributed by atoms with van der Waals surface area (Å²) in [5.74, 6) is 0.395. The molecule has 0 nitrogen and oxygen atoms in total. The Morgan fingerprint density at radius 2 is 1.87 bits per heavy atom. The third-order valence-corrected chi connectivity index (χ3v) is 3.16. The summed E-state index contributed by atoms with van der Waals surface area (Å²) in [6.07, 6.45) is 1.07. The minimum Gasteiger partial charge on any atom is -0.0928 e. The lowest BCUT2D eigenvalue weighted by Gasteiger charge is -2.12. The molecule has 0 aromatic heterocycles. The van der Waals surface area contributed by atoms with E-state index >= 15 is 0 Å². The smallest absolute Gasteiger partial charge is 0.0126 e. The first kappa shape index (κ1) is 10.3. The number of hydrogen-bond donors (Lipinski definition) is 0.